The Bertz CT molecular complexity index is 482. The zero-order valence-corrected chi connectivity index (χ0v) is 12.2. The Morgan fingerprint density at radius 1 is 1.40 bits per heavy atom. The van der Waals surface area contributed by atoms with Gasteiger partial charge in [-0.3, -0.25) is 9.78 Å². The number of pyridine rings is 1. The van der Waals surface area contributed by atoms with E-state index in [0.717, 1.165) is 11.1 Å². The number of hydrogen-bond acceptors (Lipinski definition) is 4. The summed E-state index contributed by atoms with van der Waals surface area (Å²) in [6.45, 7) is 3.60. The van der Waals surface area contributed by atoms with Crippen LogP contribution in [0.5, 0.6) is 0 Å². The highest BCUT2D eigenvalue weighted by Crippen LogP contribution is 2.15. The Morgan fingerprint density at radius 2 is 2.05 bits per heavy atom. The van der Waals surface area contributed by atoms with Gasteiger partial charge >= 0.3 is 0 Å². The van der Waals surface area contributed by atoms with Crippen molar-refractivity contribution in [2.75, 3.05) is 26.8 Å². The maximum absolute atomic E-state index is 12.0. The van der Waals surface area contributed by atoms with Crippen molar-refractivity contribution in [3.8, 4) is 0 Å². The van der Waals surface area contributed by atoms with E-state index in [1.165, 1.54) is 11.0 Å². The van der Waals surface area contributed by atoms with E-state index in [4.69, 9.17) is 0 Å². The number of carbonyl (C=O) groups is 1. The fourth-order valence-corrected chi connectivity index (χ4v) is 1.76. The summed E-state index contributed by atoms with van der Waals surface area (Å²) < 4.78 is 0. The van der Waals surface area contributed by atoms with Gasteiger partial charge in [-0.15, -0.1) is 0 Å². The van der Waals surface area contributed by atoms with E-state index >= 15 is 0 Å². The van der Waals surface area contributed by atoms with E-state index in [2.05, 4.69) is 4.98 Å². The van der Waals surface area contributed by atoms with Gasteiger partial charge in [0.1, 0.15) is 0 Å². The summed E-state index contributed by atoms with van der Waals surface area (Å²) >= 11 is 0. The van der Waals surface area contributed by atoms with Gasteiger partial charge < -0.3 is 15.1 Å². The number of amides is 1. The van der Waals surface area contributed by atoms with Crippen LogP contribution < -0.4 is 0 Å². The molecule has 1 aromatic rings. The molecule has 0 aliphatic rings. The smallest absolute Gasteiger partial charge is 0.246 e. The first-order valence-electron chi connectivity index (χ1n) is 6.47. The highest BCUT2D eigenvalue weighted by Gasteiger charge is 2.25. The molecule has 1 heterocycles. The van der Waals surface area contributed by atoms with Crippen LogP contribution >= 0.6 is 0 Å². The van der Waals surface area contributed by atoms with Gasteiger partial charge in [0, 0.05) is 37.5 Å². The molecule has 0 saturated carbocycles. The van der Waals surface area contributed by atoms with Crippen molar-refractivity contribution in [1.82, 2.24) is 9.88 Å². The zero-order valence-electron chi connectivity index (χ0n) is 12.2. The van der Waals surface area contributed by atoms with Crippen LogP contribution in [0.15, 0.2) is 24.5 Å². The van der Waals surface area contributed by atoms with Gasteiger partial charge in [-0.2, -0.15) is 0 Å². The predicted octanol–water partition coefficient (Wildman–Crippen LogP) is 0.853. The van der Waals surface area contributed by atoms with Crippen molar-refractivity contribution in [3.63, 3.8) is 0 Å². The molecule has 1 aromatic heterocycles. The van der Waals surface area contributed by atoms with Gasteiger partial charge in [0.15, 0.2) is 0 Å². The van der Waals surface area contributed by atoms with E-state index in [9.17, 15) is 15.0 Å². The minimum Gasteiger partial charge on any atom is -0.396 e. The maximum atomic E-state index is 12.0. The molecular formula is C15H22N2O3. The molecule has 5 nitrogen and oxygen atoms in total. The normalized spacial score (nSPS) is 11.8. The second kappa shape index (κ2) is 7.17. The molecule has 0 bridgehead atoms. The SMILES string of the molecule is Cc1cncc(/C=C/C(=O)N(C)CC(C)(CO)CO)c1. The molecule has 5 heteroatoms. The van der Waals surface area contributed by atoms with Crippen molar-refractivity contribution in [1.29, 1.82) is 0 Å². The molecule has 0 saturated heterocycles. The Balaban J connectivity index is 2.66. The van der Waals surface area contributed by atoms with Gasteiger partial charge in [-0.1, -0.05) is 6.92 Å². The molecular weight excluding hydrogens is 256 g/mol. The van der Waals surface area contributed by atoms with Crippen LogP contribution in [0.4, 0.5) is 0 Å². The summed E-state index contributed by atoms with van der Waals surface area (Å²) in [5, 5.41) is 18.5. The number of hydrogen-bond donors (Lipinski definition) is 2. The fourth-order valence-electron chi connectivity index (χ4n) is 1.76. The maximum Gasteiger partial charge on any atom is 0.246 e. The third kappa shape index (κ3) is 4.75. The van der Waals surface area contributed by atoms with Crippen LogP contribution in [0.1, 0.15) is 18.1 Å². The first-order chi connectivity index (χ1) is 9.40. The van der Waals surface area contributed by atoms with Crippen LogP contribution in [0, 0.1) is 12.3 Å². The summed E-state index contributed by atoms with van der Waals surface area (Å²) in [4.78, 5) is 17.5. The average molecular weight is 278 g/mol. The number of aliphatic hydroxyl groups excluding tert-OH is 2. The standard InChI is InChI=1S/C15H22N2O3/c1-12-6-13(8-16-7-12)4-5-14(20)17(3)9-15(2,10-18)11-19/h4-8,18-19H,9-11H2,1-3H3/b5-4+. The number of likely N-dealkylation sites (N-methyl/N-ethyl adjacent to an activating group) is 1. The molecule has 20 heavy (non-hydrogen) atoms. The lowest BCUT2D eigenvalue weighted by Gasteiger charge is -2.29. The molecule has 0 atom stereocenters. The lowest BCUT2D eigenvalue weighted by atomic mass is 9.92. The number of nitrogens with zero attached hydrogens (tertiary/aromatic N) is 2. The molecule has 0 radical (unpaired) electrons. The van der Waals surface area contributed by atoms with E-state index < -0.39 is 5.41 Å². The number of rotatable bonds is 6. The molecule has 2 N–H and O–H groups in total. The van der Waals surface area contributed by atoms with Crippen molar-refractivity contribution in [3.05, 3.63) is 35.7 Å². The zero-order chi connectivity index (χ0) is 15.2. The molecule has 1 amide bonds. The van der Waals surface area contributed by atoms with Gasteiger partial charge in [0.25, 0.3) is 0 Å². The molecule has 0 aliphatic heterocycles. The summed E-state index contributed by atoms with van der Waals surface area (Å²) in [5.74, 6) is -0.181. The molecule has 1 rings (SSSR count). The Labute approximate surface area is 119 Å². The van der Waals surface area contributed by atoms with Crippen LogP contribution in [0.3, 0.4) is 0 Å². The molecule has 110 valence electrons. The quantitative estimate of drug-likeness (QED) is 0.757. The van der Waals surface area contributed by atoms with E-state index in [0.29, 0.717) is 0 Å². The topological polar surface area (TPSA) is 73.7 Å². The molecule has 0 aromatic carbocycles. The molecule has 0 spiro atoms. The van der Waals surface area contributed by atoms with E-state index in [-0.39, 0.29) is 25.7 Å². The second-order valence-electron chi connectivity index (χ2n) is 5.45. The van der Waals surface area contributed by atoms with Gasteiger partial charge in [-0.25, -0.2) is 0 Å². The molecule has 0 fully saturated rings. The minimum absolute atomic E-state index is 0.174. The number of carbonyl (C=O) groups excluding carboxylic acids is 1. The summed E-state index contributed by atoms with van der Waals surface area (Å²) in [6.07, 6.45) is 6.60. The van der Waals surface area contributed by atoms with Crippen LogP contribution in [0.2, 0.25) is 0 Å². The van der Waals surface area contributed by atoms with Crippen LogP contribution in [-0.2, 0) is 4.79 Å². The lowest BCUT2D eigenvalue weighted by molar-refractivity contribution is -0.126. The average Bonchev–Trinajstić information content (AvgIpc) is 2.44. The number of aromatic nitrogens is 1. The van der Waals surface area contributed by atoms with Crippen molar-refractivity contribution in [2.24, 2.45) is 5.41 Å². The number of aryl methyl sites for hydroxylation is 1. The van der Waals surface area contributed by atoms with Gasteiger partial charge in [-0.05, 0) is 30.2 Å². The lowest BCUT2D eigenvalue weighted by Crippen LogP contribution is -2.41. The Morgan fingerprint density at radius 3 is 2.60 bits per heavy atom. The predicted molar refractivity (Wildman–Crippen MR) is 77.9 cm³/mol. The summed E-state index contributed by atoms with van der Waals surface area (Å²) in [7, 11) is 1.64. The third-order valence-electron chi connectivity index (χ3n) is 3.07. The van der Waals surface area contributed by atoms with Gasteiger partial charge in [0.2, 0.25) is 5.91 Å². The molecule has 0 aliphatic carbocycles. The minimum atomic E-state index is -0.691. The van der Waals surface area contributed by atoms with Gasteiger partial charge in [0.05, 0.1) is 13.2 Å². The monoisotopic (exact) mass is 278 g/mol. The summed E-state index contributed by atoms with van der Waals surface area (Å²) in [6, 6.07) is 1.93. The van der Waals surface area contributed by atoms with Crippen molar-refractivity contribution >= 4 is 12.0 Å². The highest BCUT2D eigenvalue weighted by molar-refractivity contribution is 5.91. The largest absolute Gasteiger partial charge is 0.396 e. The van der Waals surface area contributed by atoms with Crippen LogP contribution in [-0.4, -0.2) is 52.8 Å². The molecule has 0 unspecified atom stereocenters. The Hall–Kier alpha value is -1.72. The first-order valence-corrected chi connectivity index (χ1v) is 6.47. The fraction of sp³-hybridized carbons (Fsp3) is 0.467. The van der Waals surface area contributed by atoms with E-state index in [1.54, 1.807) is 32.4 Å². The third-order valence-corrected chi connectivity index (χ3v) is 3.07. The second-order valence-corrected chi connectivity index (χ2v) is 5.45. The van der Waals surface area contributed by atoms with Crippen LogP contribution in [0.25, 0.3) is 6.08 Å². The van der Waals surface area contributed by atoms with E-state index in [1.807, 2.05) is 13.0 Å². The van der Waals surface area contributed by atoms with Crippen molar-refractivity contribution < 1.29 is 15.0 Å². The highest BCUT2D eigenvalue weighted by atomic mass is 16.3. The summed E-state index contributed by atoms with van der Waals surface area (Å²) in [5.41, 5.74) is 1.20. The number of aliphatic hydroxyl groups is 2. The first kappa shape index (κ1) is 16.3. The Kier molecular flexibility index (Phi) is 5.85. The van der Waals surface area contributed by atoms with Crippen molar-refractivity contribution in [2.45, 2.75) is 13.8 Å².